The molecule has 0 spiro atoms. The maximum atomic E-state index is 13.1. The molecule has 4 atom stereocenters. The third-order valence-electron chi connectivity index (χ3n) is 5.60. The summed E-state index contributed by atoms with van der Waals surface area (Å²) in [5.41, 5.74) is 12.3. The van der Waals surface area contributed by atoms with Crippen molar-refractivity contribution in [3.05, 3.63) is 48.0 Å². The fourth-order valence-electron chi connectivity index (χ4n) is 3.53. The largest absolute Gasteiger partial charge is 0.508 e. The Morgan fingerprint density at radius 2 is 1.59 bits per heavy atom. The molecule has 0 aliphatic carbocycles. The van der Waals surface area contributed by atoms with Crippen molar-refractivity contribution in [2.75, 3.05) is 12.0 Å². The lowest BCUT2D eigenvalue weighted by atomic mass is 10.0. The lowest BCUT2D eigenvalue weighted by Crippen LogP contribution is -2.58. The van der Waals surface area contributed by atoms with E-state index in [0.29, 0.717) is 17.0 Å². The Morgan fingerprint density at radius 3 is 2.15 bits per heavy atom. The summed E-state index contributed by atoms with van der Waals surface area (Å²) in [7, 11) is 0. The van der Waals surface area contributed by atoms with Crippen molar-refractivity contribution in [1.29, 1.82) is 0 Å². The van der Waals surface area contributed by atoms with E-state index in [9.17, 15) is 34.2 Å². The van der Waals surface area contributed by atoms with Gasteiger partial charge in [0.05, 0.1) is 18.8 Å². The van der Waals surface area contributed by atoms with E-state index in [1.807, 2.05) is 0 Å². The molecule has 0 bridgehead atoms. The van der Waals surface area contributed by atoms with Crippen LogP contribution in [0.2, 0.25) is 0 Å². The molecule has 0 aliphatic heterocycles. The molecule has 0 radical (unpaired) electrons. The smallest absolute Gasteiger partial charge is 0.326 e. The van der Waals surface area contributed by atoms with E-state index in [1.165, 1.54) is 48.6 Å². The van der Waals surface area contributed by atoms with Crippen molar-refractivity contribution in [2.24, 2.45) is 11.5 Å². The number of aromatic nitrogens is 2. The van der Waals surface area contributed by atoms with Gasteiger partial charge >= 0.3 is 5.97 Å². The van der Waals surface area contributed by atoms with Crippen LogP contribution in [-0.4, -0.2) is 86.0 Å². The minimum Gasteiger partial charge on any atom is -0.508 e. The number of nitrogens with zero attached hydrogens (tertiary/aromatic N) is 1. The highest BCUT2D eigenvalue weighted by atomic mass is 32.2. The van der Waals surface area contributed by atoms with Crippen molar-refractivity contribution in [1.82, 2.24) is 25.9 Å². The molecule has 4 amide bonds. The first-order valence-corrected chi connectivity index (χ1v) is 13.3. The normalized spacial score (nSPS) is 13.9. The first kappa shape index (κ1) is 31.1. The summed E-state index contributed by atoms with van der Waals surface area (Å²) in [6.45, 7) is 0. The van der Waals surface area contributed by atoms with Gasteiger partial charge in [-0.15, -0.1) is 0 Å². The van der Waals surface area contributed by atoms with E-state index in [0.717, 1.165) is 0 Å². The Morgan fingerprint density at radius 1 is 0.974 bits per heavy atom. The molecule has 1 heterocycles. The highest BCUT2D eigenvalue weighted by Crippen LogP contribution is 2.12. The Balaban J connectivity index is 2.11. The zero-order chi connectivity index (χ0) is 28.9. The number of amides is 4. The van der Waals surface area contributed by atoms with Crippen LogP contribution in [0.3, 0.4) is 0 Å². The highest BCUT2D eigenvalue weighted by Gasteiger charge is 2.31. The highest BCUT2D eigenvalue weighted by molar-refractivity contribution is 7.98. The van der Waals surface area contributed by atoms with Crippen LogP contribution in [0.1, 0.15) is 24.1 Å². The topological polar surface area (TPSA) is 243 Å². The van der Waals surface area contributed by atoms with Gasteiger partial charge in [-0.25, -0.2) is 9.78 Å². The number of nitrogens with one attached hydrogen (secondary N) is 4. The van der Waals surface area contributed by atoms with E-state index in [1.54, 1.807) is 6.26 Å². The number of carboxylic acids is 1. The zero-order valence-corrected chi connectivity index (χ0v) is 22.1. The molecular formula is C24H33N7O7S. The van der Waals surface area contributed by atoms with Crippen LogP contribution < -0.4 is 27.4 Å². The minimum atomic E-state index is -1.42. The summed E-state index contributed by atoms with van der Waals surface area (Å²) in [5.74, 6) is -4.06. The Labute approximate surface area is 228 Å². The van der Waals surface area contributed by atoms with Crippen LogP contribution in [-0.2, 0) is 36.8 Å². The molecule has 1 aromatic heterocycles. The van der Waals surface area contributed by atoms with Crippen LogP contribution in [0.15, 0.2) is 36.8 Å². The second-order valence-electron chi connectivity index (χ2n) is 8.73. The van der Waals surface area contributed by atoms with Gasteiger partial charge in [0.25, 0.3) is 0 Å². The number of phenolic OH excluding ortho intramolecular Hbond substituents is 1. The summed E-state index contributed by atoms with van der Waals surface area (Å²) in [6, 6.07) is 0.865. The maximum Gasteiger partial charge on any atom is 0.326 e. The van der Waals surface area contributed by atoms with Gasteiger partial charge in [-0.05, 0) is 36.1 Å². The first-order valence-electron chi connectivity index (χ1n) is 11.9. The number of hydrogen-bond donors (Lipinski definition) is 8. The molecule has 0 saturated carbocycles. The fraction of sp³-hybridized carbons (Fsp3) is 0.417. The predicted molar refractivity (Wildman–Crippen MR) is 142 cm³/mol. The summed E-state index contributed by atoms with van der Waals surface area (Å²) < 4.78 is 0. The molecule has 4 unspecified atom stereocenters. The van der Waals surface area contributed by atoms with Gasteiger partial charge in [0.2, 0.25) is 23.6 Å². The number of aromatic hydroxyl groups is 1. The zero-order valence-electron chi connectivity index (χ0n) is 21.3. The van der Waals surface area contributed by atoms with Gasteiger partial charge in [-0.2, -0.15) is 11.8 Å². The minimum absolute atomic E-state index is 0.00868. The number of nitrogens with two attached hydrogens (primary N) is 2. The number of carbonyl (C=O) groups excluding carboxylic acids is 4. The van der Waals surface area contributed by atoms with Gasteiger partial charge < -0.3 is 42.6 Å². The third kappa shape index (κ3) is 10.6. The second-order valence-corrected chi connectivity index (χ2v) is 9.72. The Hall–Kier alpha value is -4.11. The molecule has 0 fully saturated rings. The lowest BCUT2D eigenvalue weighted by molar-refractivity contribution is -0.142. The number of aliphatic carboxylic acids is 1. The number of rotatable bonds is 16. The van der Waals surface area contributed by atoms with E-state index in [4.69, 9.17) is 11.5 Å². The monoisotopic (exact) mass is 563 g/mol. The Kier molecular flexibility index (Phi) is 12.2. The first-order chi connectivity index (χ1) is 18.5. The molecule has 0 aliphatic rings. The predicted octanol–water partition coefficient (Wildman–Crippen LogP) is -1.60. The number of imidazole rings is 1. The van der Waals surface area contributed by atoms with Crippen LogP contribution >= 0.6 is 11.8 Å². The van der Waals surface area contributed by atoms with E-state index in [-0.39, 0.29) is 25.0 Å². The number of H-pyrrole nitrogens is 1. The van der Waals surface area contributed by atoms with E-state index >= 15 is 0 Å². The van der Waals surface area contributed by atoms with E-state index < -0.39 is 60.2 Å². The summed E-state index contributed by atoms with van der Waals surface area (Å²) in [5, 5.41) is 26.4. The van der Waals surface area contributed by atoms with Crippen molar-refractivity contribution < 1.29 is 34.2 Å². The fourth-order valence-corrected chi connectivity index (χ4v) is 4.00. The molecule has 1 aromatic carbocycles. The molecule has 2 aromatic rings. The molecule has 10 N–H and O–H groups in total. The summed E-state index contributed by atoms with van der Waals surface area (Å²) >= 11 is 1.40. The van der Waals surface area contributed by atoms with Crippen molar-refractivity contribution in [3.63, 3.8) is 0 Å². The maximum absolute atomic E-state index is 13.1. The average molecular weight is 564 g/mol. The number of carboxylic acid groups (broad SMARTS) is 1. The van der Waals surface area contributed by atoms with Gasteiger partial charge in [-0.1, -0.05) is 12.1 Å². The van der Waals surface area contributed by atoms with Crippen LogP contribution in [0.4, 0.5) is 0 Å². The molecule has 2 rings (SSSR count). The van der Waals surface area contributed by atoms with Crippen molar-refractivity contribution in [2.45, 2.75) is 49.9 Å². The lowest BCUT2D eigenvalue weighted by Gasteiger charge is -2.25. The summed E-state index contributed by atoms with van der Waals surface area (Å²) in [4.78, 5) is 68.8. The summed E-state index contributed by atoms with van der Waals surface area (Å²) in [6.07, 6.45) is 4.31. The molecule has 14 nitrogen and oxygen atoms in total. The Bertz CT molecular complexity index is 1130. The van der Waals surface area contributed by atoms with E-state index in [2.05, 4.69) is 25.9 Å². The number of phenols is 1. The van der Waals surface area contributed by atoms with Crippen molar-refractivity contribution >= 4 is 41.4 Å². The van der Waals surface area contributed by atoms with Gasteiger partial charge in [0, 0.05) is 24.7 Å². The van der Waals surface area contributed by atoms with Crippen molar-refractivity contribution in [3.8, 4) is 5.75 Å². The molecule has 212 valence electrons. The number of hydrogen-bond acceptors (Lipinski definition) is 9. The number of thioether (sulfide) groups is 1. The van der Waals surface area contributed by atoms with Crippen LogP contribution in [0.5, 0.6) is 5.75 Å². The molecular weight excluding hydrogens is 530 g/mol. The van der Waals surface area contributed by atoms with Gasteiger partial charge in [-0.3, -0.25) is 19.2 Å². The number of aromatic amines is 1. The number of carbonyl (C=O) groups is 5. The standard InChI is InChI=1S/C24H33N7O7S/c1-39-7-6-17(22(35)31-19(24(37)38)8-13-2-4-15(32)5-3-13)29-23(36)18(10-20(26)33)30-21(34)16(25)9-14-11-27-12-28-14/h2-5,11-12,16-19,32H,6-10,25H2,1H3,(H2,26,33)(H,27,28)(H,29,36)(H,30,34)(H,31,35)(H,37,38). The van der Waals surface area contributed by atoms with Crippen LogP contribution in [0.25, 0.3) is 0 Å². The van der Waals surface area contributed by atoms with Crippen LogP contribution in [0, 0.1) is 0 Å². The molecule has 39 heavy (non-hydrogen) atoms. The average Bonchev–Trinajstić information content (AvgIpc) is 3.39. The SMILES string of the molecule is CSCCC(NC(=O)C(CC(N)=O)NC(=O)C(N)Cc1cnc[nH]1)C(=O)NC(Cc1ccc(O)cc1)C(=O)O. The molecule has 15 heteroatoms. The van der Waals surface area contributed by atoms with Gasteiger partial charge in [0.1, 0.15) is 23.9 Å². The number of benzene rings is 1. The molecule has 0 saturated heterocycles. The quantitative estimate of drug-likeness (QED) is 0.116. The van der Waals surface area contributed by atoms with Gasteiger partial charge in [0.15, 0.2) is 0 Å². The second kappa shape index (κ2) is 15.3. The third-order valence-corrected chi connectivity index (χ3v) is 6.25. The number of primary amides is 1.